The minimum Gasteiger partial charge on any atom is -0.497 e. The first kappa shape index (κ1) is 11.3. The first-order valence-electron chi connectivity index (χ1n) is 6.44. The first-order valence-corrected chi connectivity index (χ1v) is 6.44. The van der Waals surface area contributed by atoms with Gasteiger partial charge in [0.25, 0.3) is 0 Å². The van der Waals surface area contributed by atoms with Crippen molar-refractivity contribution in [2.24, 2.45) is 5.92 Å². The molecule has 18 heavy (non-hydrogen) atoms. The van der Waals surface area contributed by atoms with E-state index < -0.39 is 0 Å². The second kappa shape index (κ2) is 4.48. The van der Waals surface area contributed by atoms with E-state index in [1.165, 1.54) is 11.1 Å². The van der Waals surface area contributed by atoms with Gasteiger partial charge < -0.3 is 10.1 Å². The Labute approximate surface area is 107 Å². The zero-order valence-electron chi connectivity index (χ0n) is 10.5. The number of rotatable bonds is 1. The highest BCUT2D eigenvalue weighted by Gasteiger charge is 2.25. The number of ether oxygens (including phenoxy) is 1. The third-order valence-corrected chi connectivity index (χ3v) is 3.87. The molecule has 0 radical (unpaired) electrons. The van der Waals surface area contributed by atoms with Gasteiger partial charge in [-0.15, -0.1) is 0 Å². The minimum atomic E-state index is 0.148. The van der Waals surface area contributed by atoms with Crippen molar-refractivity contribution >= 4 is 12.0 Å². The monoisotopic (exact) mass is 243 g/mol. The number of nitrogens with one attached hydrogen (secondary N) is 1. The van der Waals surface area contributed by atoms with Crippen molar-refractivity contribution in [2.75, 3.05) is 7.11 Å². The van der Waals surface area contributed by atoms with Gasteiger partial charge in [0.15, 0.2) is 0 Å². The van der Waals surface area contributed by atoms with Gasteiger partial charge in [-0.1, -0.05) is 6.07 Å². The van der Waals surface area contributed by atoms with E-state index in [9.17, 15) is 4.79 Å². The molecular weight excluding hydrogens is 226 g/mol. The number of methoxy groups -OCH3 is 1. The van der Waals surface area contributed by atoms with E-state index in [2.05, 4.69) is 23.5 Å². The smallest absolute Gasteiger partial charge is 0.224 e. The Hall–Kier alpha value is -1.77. The van der Waals surface area contributed by atoms with Gasteiger partial charge in [0.05, 0.1) is 7.11 Å². The zero-order chi connectivity index (χ0) is 12.5. The van der Waals surface area contributed by atoms with Gasteiger partial charge in [0.2, 0.25) is 5.91 Å². The topological polar surface area (TPSA) is 38.3 Å². The molecule has 1 amide bonds. The van der Waals surface area contributed by atoms with Crippen molar-refractivity contribution in [1.82, 2.24) is 5.32 Å². The van der Waals surface area contributed by atoms with Crippen LogP contribution in [0.15, 0.2) is 23.9 Å². The number of benzene rings is 1. The van der Waals surface area contributed by atoms with Crippen LogP contribution in [0.3, 0.4) is 0 Å². The Morgan fingerprint density at radius 1 is 1.28 bits per heavy atom. The molecule has 0 bridgehead atoms. The lowest BCUT2D eigenvalue weighted by Gasteiger charge is -2.24. The summed E-state index contributed by atoms with van der Waals surface area (Å²) in [6.45, 7) is 0. The van der Waals surface area contributed by atoms with Crippen LogP contribution in [0.4, 0.5) is 0 Å². The molecule has 1 aromatic rings. The fourth-order valence-electron chi connectivity index (χ4n) is 2.80. The van der Waals surface area contributed by atoms with Crippen LogP contribution in [0.1, 0.15) is 30.4 Å². The first-order chi connectivity index (χ1) is 8.76. The lowest BCUT2D eigenvalue weighted by Crippen LogP contribution is -2.32. The Morgan fingerprint density at radius 2 is 2.11 bits per heavy atom. The zero-order valence-corrected chi connectivity index (χ0v) is 10.5. The van der Waals surface area contributed by atoms with Gasteiger partial charge in [-0.25, -0.2) is 0 Å². The number of piperidine rings is 1. The van der Waals surface area contributed by atoms with Gasteiger partial charge in [-0.05, 0) is 54.5 Å². The van der Waals surface area contributed by atoms with Gasteiger partial charge in [0.1, 0.15) is 5.75 Å². The molecule has 1 aromatic carbocycles. The highest BCUT2D eigenvalue weighted by molar-refractivity contribution is 5.81. The molecule has 0 aromatic heterocycles. The van der Waals surface area contributed by atoms with Crippen LogP contribution in [-0.2, 0) is 11.2 Å². The average Bonchev–Trinajstić information content (AvgIpc) is 2.56. The van der Waals surface area contributed by atoms with Crippen molar-refractivity contribution in [3.8, 4) is 5.75 Å². The number of allylic oxidation sites excluding steroid dienone is 1. The van der Waals surface area contributed by atoms with Gasteiger partial charge >= 0.3 is 0 Å². The number of fused-ring (bicyclic) bond motifs is 2. The largest absolute Gasteiger partial charge is 0.497 e. The molecule has 1 heterocycles. The van der Waals surface area contributed by atoms with E-state index in [1.54, 1.807) is 7.11 Å². The number of aryl methyl sites for hydroxylation is 1. The van der Waals surface area contributed by atoms with Crippen LogP contribution in [0, 0.1) is 5.92 Å². The second-order valence-electron chi connectivity index (χ2n) is 4.99. The molecule has 0 unspecified atom stereocenters. The minimum absolute atomic E-state index is 0.148. The van der Waals surface area contributed by atoms with E-state index in [0.717, 1.165) is 30.7 Å². The Kier molecular flexibility index (Phi) is 2.82. The van der Waals surface area contributed by atoms with Crippen LogP contribution >= 0.6 is 0 Å². The van der Waals surface area contributed by atoms with E-state index in [1.807, 2.05) is 6.07 Å². The summed E-state index contributed by atoms with van der Waals surface area (Å²) in [5, 5.41) is 3.02. The quantitative estimate of drug-likeness (QED) is 0.823. The van der Waals surface area contributed by atoms with Crippen molar-refractivity contribution in [1.29, 1.82) is 0 Å². The number of hydrogen-bond donors (Lipinski definition) is 1. The number of carbonyl (C=O) groups excluding carboxylic acids is 1. The molecule has 3 rings (SSSR count). The molecule has 1 aliphatic heterocycles. The summed E-state index contributed by atoms with van der Waals surface area (Å²) in [6.07, 6.45) is 5.91. The summed E-state index contributed by atoms with van der Waals surface area (Å²) in [4.78, 5) is 11.5. The maximum absolute atomic E-state index is 11.5. The SMILES string of the molecule is COc1ccc2c(c1)CC[C@@H]1CCC(=O)NC1=C2. The molecule has 1 atom stereocenters. The molecule has 1 N–H and O–H groups in total. The Morgan fingerprint density at radius 3 is 2.94 bits per heavy atom. The molecule has 94 valence electrons. The maximum Gasteiger partial charge on any atom is 0.224 e. The maximum atomic E-state index is 11.5. The fraction of sp³-hybridized carbons (Fsp3) is 0.400. The molecule has 1 saturated heterocycles. The Balaban J connectivity index is 1.98. The molecule has 0 saturated carbocycles. The van der Waals surface area contributed by atoms with Crippen LogP contribution in [0.2, 0.25) is 0 Å². The highest BCUT2D eigenvalue weighted by Crippen LogP contribution is 2.32. The van der Waals surface area contributed by atoms with Crippen LogP contribution < -0.4 is 10.1 Å². The molecule has 1 aliphatic carbocycles. The molecule has 1 fully saturated rings. The summed E-state index contributed by atoms with van der Waals surface area (Å²) in [5.74, 6) is 1.55. The molecule has 2 aliphatic rings. The molecule has 3 nitrogen and oxygen atoms in total. The fourth-order valence-corrected chi connectivity index (χ4v) is 2.80. The lowest BCUT2D eigenvalue weighted by molar-refractivity contribution is -0.121. The summed E-state index contributed by atoms with van der Waals surface area (Å²) < 4.78 is 5.27. The van der Waals surface area contributed by atoms with Crippen LogP contribution in [-0.4, -0.2) is 13.0 Å². The van der Waals surface area contributed by atoms with Crippen molar-refractivity contribution in [3.05, 3.63) is 35.0 Å². The predicted octanol–water partition coefficient (Wildman–Crippen LogP) is 2.51. The van der Waals surface area contributed by atoms with Gasteiger partial charge in [-0.2, -0.15) is 0 Å². The summed E-state index contributed by atoms with van der Waals surface area (Å²) in [7, 11) is 1.69. The Bertz CT molecular complexity index is 519. The molecular formula is C15H17NO2. The standard InChI is InChI=1S/C15H17NO2/c1-18-13-6-4-12-9-14-10(2-3-11(12)8-13)5-7-15(17)16-14/h4,6,8-10H,2-3,5,7H2,1H3,(H,16,17)/t10-/m1/s1. The predicted molar refractivity (Wildman–Crippen MR) is 70.2 cm³/mol. The van der Waals surface area contributed by atoms with Crippen LogP contribution in [0.5, 0.6) is 5.75 Å². The second-order valence-corrected chi connectivity index (χ2v) is 4.99. The third kappa shape index (κ3) is 2.01. The van der Waals surface area contributed by atoms with Crippen molar-refractivity contribution < 1.29 is 9.53 Å². The molecule has 3 heteroatoms. The number of hydrogen-bond acceptors (Lipinski definition) is 2. The van der Waals surface area contributed by atoms with E-state index in [-0.39, 0.29) is 5.91 Å². The van der Waals surface area contributed by atoms with Gasteiger partial charge in [-0.3, -0.25) is 4.79 Å². The number of carbonyl (C=O) groups is 1. The van der Waals surface area contributed by atoms with Gasteiger partial charge in [0, 0.05) is 12.1 Å². The summed E-state index contributed by atoms with van der Waals surface area (Å²) in [5.41, 5.74) is 3.61. The normalized spacial score (nSPS) is 22.2. The van der Waals surface area contributed by atoms with Crippen molar-refractivity contribution in [3.63, 3.8) is 0 Å². The highest BCUT2D eigenvalue weighted by atomic mass is 16.5. The summed E-state index contributed by atoms with van der Waals surface area (Å²) >= 11 is 0. The average molecular weight is 243 g/mol. The van der Waals surface area contributed by atoms with E-state index >= 15 is 0 Å². The number of amides is 1. The third-order valence-electron chi connectivity index (χ3n) is 3.87. The van der Waals surface area contributed by atoms with Crippen LogP contribution in [0.25, 0.3) is 6.08 Å². The van der Waals surface area contributed by atoms with Crippen molar-refractivity contribution in [2.45, 2.75) is 25.7 Å². The van der Waals surface area contributed by atoms with E-state index in [4.69, 9.17) is 4.74 Å². The lowest BCUT2D eigenvalue weighted by atomic mass is 9.91. The molecule has 0 spiro atoms. The van der Waals surface area contributed by atoms with E-state index in [0.29, 0.717) is 12.3 Å². The summed E-state index contributed by atoms with van der Waals surface area (Å²) in [6, 6.07) is 6.15.